The molecule has 0 saturated heterocycles. The van der Waals surface area contributed by atoms with Crippen molar-refractivity contribution in [3.63, 3.8) is 0 Å². The topological polar surface area (TPSA) is 78.8 Å². The normalized spacial score (nSPS) is 11.8. The summed E-state index contributed by atoms with van der Waals surface area (Å²) in [5.41, 5.74) is -0.484. The molecule has 0 aromatic heterocycles. The van der Waals surface area contributed by atoms with Gasteiger partial charge in [-0.25, -0.2) is 0 Å². The number of likely N-dealkylation sites (N-methyl/N-ethyl adjacent to an activating group) is 1. The fourth-order valence-electron chi connectivity index (χ4n) is 0.390. The highest BCUT2D eigenvalue weighted by Crippen LogP contribution is 2.00. The Bertz CT molecular complexity index is 181. The second-order valence-electron chi connectivity index (χ2n) is 1.60. The largest absolute Gasteiger partial charge is 0.510 e. The van der Waals surface area contributed by atoms with E-state index in [0.29, 0.717) is 0 Å². The first-order chi connectivity index (χ1) is 4.63. The van der Waals surface area contributed by atoms with Gasteiger partial charge in [-0.15, -0.1) is 4.91 Å². The summed E-state index contributed by atoms with van der Waals surface area (Å²) >= 11 is 0. The van der Waals surface area contributed by atoms with E-state index in [1.807, 2.05) is 0 Å². The third-order valence-corrected chi connectivity index (χ3v) is 0.876. The van der Waals surface area contributed by atoms with Gasteiger partial charge in [0.05, 0.1) is 0 Å². The van der Waals surface area contributed by atoms with Crippen LogP contribution in [-0.2, 0) is 4.79 Å². The van der Waals surface area contributed by atoms with Gasteiger partial charge in [0, 0.05) is 7.05 Å². The van der Waals surface area contributed by atoms with Crippen molar-refractivity contribution < 1.29 is 9.90 Å². The highest BCUT2D eigenvalue weighted by molar-refractivity contribution is 5.93. The molecule has 0 rings (SSSR count). The van der Waals surface area contributed by atoms with E-state index >= 15 is 0 Å². The second kappa shape index (κ2) is 3.60. The lowest BCUT2D eigenvalue weighted by Crippen LogP contribution is -2.19. The Balaban J connectivity index is 4.53. The summed E-state index contributed by atoms with van der Waals surface area (Å²) in [6.45, 7) is 1.21. The van der Waals surface area contributed by atoms with Crippen molar-refractivity contribution in [1.29, 1.82) is 0 Å². The average molecular weight is 144 g/mol. The van der Waals surface area contributed by atoms with Gasteiger partial charge in [0.1, 0.15) is 5.76 Å². The summed E-state index contributed by atoms with van der Waals surface area (Å²) in [5, 5.41) is 13.1. The van der Waals surface area contributed by atoms with Crippen LogP contribution in [0.3, 0.4) is 0 Å². The van der Waals surface area contributed by atoms with Crippen LogP contribution in [0.2, 0.25) is 0 Å². The van der Waals surface area contributed by atoms with E-state index < -0.39 is 11.6 Å². The summed E-state index contributed by atoms with van der Waals surface area (Å²) in [5.74, 6) is -1.07. The maximum atomic E-state index is 10.6. The van der Waals surface area contributed by atoms with E-state index in [1.165, 1.54) is 14.0 Å². The predicted octanol–water partition coefficient (Wildman–Crippen LogP) is 0.288. The zero-order valence-corrected chi connectivity index (χ0v) is 5.71. The molecule has 0 aliphatic rings. The summed E-state index contributed by atoms with van der Waals surface area (Å²) < 4.78 is 0. The molecule has 0 aromatic rings. The first-order valence-corrected chi connectivity index (χ1v) is 2.58. The van der Waals surface area contributed by atoms with Crippen LogP contribution in [-0.4, -0.2) is 18.1 Å². The smallest absolute Gasteiger partial charge is 0.276 e. The number of hydrogen-bond acceptors (Lipinski definition) is 4. The summed E-state index contributed by atoms with van der Waals surface area (Å²) in [6, 6.07) is 0. The minimum atomic E-state index is -0.685. The van der Waals surface area contributed by atoms with E-state index in [1.54, 1.807) is 0 Å². The molecule has 0 aliphatic carbocycles. The van der Waals surface area contributed by atoms with Crippen LogP contribution in [0.4, 0.5) is 0 Å². The molecule has 5 nitrogen and oxygen atoms in total. The molecule has 10 heavy (non-hydrogen) atoms. The van der Waals surface area contributed by atoms with E-state index in [4.69, 9.17) is 5.11 Å². The zero-order valence-electron chi connectivity index (χ0n) is 5.71. The molecule has 2 N–H and O–H groups in total. The summed E-state index contributed by atoms with van der Waals surface area (Å²) in [4.78, 5) is 20.4. The number of amides is 1. The summed E-state index contributed by atoms with van der Waals surface area (Å²) in [6.07, 6.45) is 0. The molecule has 0 radical (unpaired) electrons. The molecule has 1 amide bonds. The number of aliphatic hydroxyl groups is 1. The van der Waals surface area contributed by atoms with Crippen molar-refractivity contribution in [3.8, 4) is 0 Å². The minimum absolute atomic E-state index is 0.380. The molecule has 0 unspecified atom stereocenters. The summed E-state index contributed by atoms with van der Waals surface area (Å²) in [7, 11) is 1.34. The van der Waals surface area contributed by atoms with Crippen LogP contribution in [0.25, 0.3) is 0 Å². The average Bonchev–Trinajstić information content (AvgIpc) is 1.88. The van der Waals surface area contributed by atoms with Crippen LogP contribution < -0.4 is 5.32 Å². The fourth-order valence-corrected chi connectivity index (χ4v) is 0.390. The van der Waals surface area contributed by atoms with Crippen LogP contribution in [0.1, 0.15) is 6.92 Å². The Labute approximate surface area is 57.7 Å². The molecule has 0 spiro atoms. The maximum Gasteiger partial charge on any atom is 0.276 e. The monoisotopic (exact) mass is 144 g/mol. The number of nitrogens with one attached hydrogen (secondary N) is 1. The standard InChI is InChI=1S/C5H8N2O3/c1-3(8)4(7-10)5(9)6-2/h8H,1-2H3,(H,6,9). The minimum Gasteiger partial charge on any atom is -0.510 e. The van der Waals surface area contributed by atoms with Crippen molar-refractivity contribution in [3.05, 3.63) is 16.4 Å². The second-order valence-corrected chi connectivity index (χ2v) is 1.60. The van der Waals surface area contributed by atoms with E-state index in [-0.39, 0.29) is 5.76 Å². The van der Waals surface area contributed by atoms with Crippen molar-refractivity contribution in [2.75, 3.05) is 7.05 Å². The predicted molar refractivity (Wildman–Crippen MR) is 35.2 cm³/mol. The number of allylic oxidation sites excluding steroid dienone is 1. The molecule has 0 bridgehead atoms. The number of hydrogen-bond donors (Lipinski definition) is 2. The number of nitrogens with zero attached hydrogens (tertiary/aromatic N) is 1. The quantitative estimate of drug-likeness (QED) is 0.332. The molecular formula is C5H8N2O3. The highest BCUT2D eigenvalue weighted by Gasteiger charge is 2.10. The van der Waals surface area contributed by atoms with E-state index in [2.05, 4.69) is 10.5 Å². The van der Waals surface area contributed by atoms with Crippen LogP contribution in [0.5, 0.6) is 0 Å². The first kappa shape index (κ1) is 8.61. The molecule has 0 atom stereocenters. The van der Waals surface area contributed by atoms with Crippen molar-refractivity contribution in [1.82, 2.24) is 5.32 Å². The lowest BCUT2D eigenvalue weighted by molar-refractivity contribution is -0.117. The molecule has 0 fully saturated rings. The van der Waals surface area contributed by atoms with Crippen LogP contribution in [0.15, 0.2) is 16.6 Å². The SMILES string of the molecule is CNC(=O)C(N=O)=C(C)O. The van der Waals surface area contributed by atoms with Gasteiger partial charge < -0.3 is 10.4 Å². The van der Waals surface area contributed by atoms with E-state index in [9.17, 15) is 9.70 Å². The van der Waals surface area contributed by atoms with Crippen molar-refractivity contribution >= 4 is 5.91 Å². The Morgan fingerprint density at radius 3 is 2.20 bits per heavy atom. The Kier molecular flexibility index (Phi) is 3.10. The maximum absolute atomic E-state index is 10.6. The molecule has 5 heteroatoms. The number of carbonyl (C=O) groups is 1. The highest BCUT2D eigenvalue weighted by atomic mass is 16.3. The van der Waals surface area contributed by atoms with Crippen molar-refractivity contribution in [2.24, 2.45) is 5.18 Å². The Morgan fingerprint density at radius 1 is 1.60 bits per heavy atom. The van der Waals surface area contributed by atoms with Gasteiger partial charge in [0.25, 0.3) is 5.91 Å². The molecule has 0 aliphatic heterocycles. The molecule has 0 saturated carbocycles. The van der Waals surface area contributed by atoms with Gasteiger partial charge in [-0.3, -0.25) is 4.79 Å². The third kappa shape index (κ3) is 1.85. The molecular weight excluding hydrogens is 136 g/mol. The van der Waals surface area contributed by atoms with E-state index in [0.717, 1.165) is 0 Å². The molecule has 0 aromatic carbocycles. The van der Waals surface area contributed by atoms with Crippen molar-refractivity contribution in [2.45, 2.75) is 6.92 Å². The van der Waals surface area contributed by atoms with Gasteiger partial charge >= 0.3 is 0 Å². The molecule has 0 heterocycles. The van der Waals surface area contributed by atoms with Crippen LogP contribution >= 0.6 is 0 Å². The van der Waals surface area contributed by atoms with Crippen LogP contribution in [0, 0.1) is 4.91 Å². The number of rotatable bonds is 2. The van der Waals surface area contributed by atoms with Gasteiger partial charge in [0.2, 0.25) is 5.70 Å². The fraction of sp³-hybridized carbons (Fsp3) is 0.400. The van der Waals surface area contributed by atoms with Gasteiger partial charge in [-0.1, -0.05) is 0 Å². The van der Waals surface area contributed by atoms with Gasteiger partial charge in [0.15, 0.2) is 0 Å². The number of aliphatic hydroxyl groups excluding tert-OH is 1. The first-order valence-electron chi connectivity index (χ1n) is 2.58. The number of nitroso groups, excluding NO2 is 1. The number of carbonyl (C=O) groups excluding carboxylic acids is 1. The Hall–Kier alpha value is -1.39. The van der Waals surface area contributed by atoms with Gasteiger partial charge in [-0.05, 0) is 12.1 Å². The Morgan fingerprint density at radius 2 is 2.10 bits per heavy atom. The lowest BCUT2D eigenvalue weighted by atomic mass is 10.4. The zero-order chi connectivity index (χ0) is 8.15. The van der Waals surface area contributed by atoms with Gasteiger partial charge in [-0.2, -0.15) is 0 Å². The lowest BCUT2D eigenvalue weighted by Gasteiger charge is -1.95. The molecule has 56 valence electrons. The third-order valence-electron chi connectivity index (χ3n) is 0.876.